The molecule has 6 rings (SSSR count). The lowest BCUT2D eigenvalue weighted by Gasteiger charge is -2.36. The number of hydrogen-bond donors (Lipinski definition) is 2. The lowest BCUT2D eigenvalue weighted by Crippen LogP contribution is -2.62. The molecule has 0 saturated carbocycles. The van der Waals surface area contributed by atoms with Gasteiger partial charge in [0.05, 0.1) is 24.2 Å². The molecule has 1 unspecified atom stereocenters. The van der Waals surface area contributed by atoms with Gasteiger partial charge in [0, 0.05) is 73.4 Å². The summed E-state index contributed by atoms with van der Waals surface area (Å²) in [6.07, 6.45) is 7.87. The topological polar surface area (TPSA) is 144 Å². The molecule has 0 aliphatic carbocycles. The van der Waals surface area contributed by atoms with Crippen LogP contribution < -0.4 is 10.7 Å². The van der Waals surface area contributed by atoms with Gasteiger partial charge in [-0.05, 0) is 61.9 Å². The second-order valence-corrected chi connectivity index (χ2v) is 15.2. The second-order valence-electron chi connectivity index (χ2n) is 15.2. The molecule has 13 heteroatoms. The quantitative estimate of drug-likeness (QED) is 0.217. The molecule has 52 heavy (non-hydrogen) atoms. The van der Waals surface area contributed by atoms with Crippen molar-refractivity contribution in [1.29, 1.82) is 0 Å². The zero-order valence-electron chi connectivity index (χ0n) is 31.2. The zero-order chi connectivity index (χ0) is 37.3. The number of imidazole rings is 1. The summed E-state index contributed by atoms with van der Waals surface area (Å²) >= 11 is 0. The summed E-state index contributed by atoms with van der Waals surface area (Å²) in [5, 5.41) is 5.44. The van der Waals surface area contributed by atoms with Gasteiger partial charge in [0.25, 0.3) is 5.91 Å². The number of pyridine rings is 1. The lowest BCUT2D eigenvalue weighted by atomic mass is 9.84. The van der Waals surface area contributed by atoms with E-state index in [1.165, 1.54) is 9.91 Å². The number of aryl methyl sites for hydroxylation is 1. The van der Waals surface area contributed by atoms with Crippen molar-refractivity contribution in [3.63, 3.8) is 0 Å². The number of carbonyl (C=O) groups is 4. The normalized spacial score (nSPS) is 20.0. The molecule has 0 radical (unpaired) electrons. The van der Waals surface area contributed by atoms with Crippen LogP contribution in [0.1, 0.15) is 58.8 Å². The number of fused-ring (bicyclic) bond motifs is 6. The van der Waals surface area contributed by atoms with Crippen molar-refractivity contribution in [3.05, 3.63) is 60.3 Å². The van der Waals surface area contributed by atoms with Crippen LogP contribution in [0.4, 0.5) is 0 Å². The molecule has 276 valence electrons. The van der Waals surface area contributed by atoms with Gasteiger partial charge in [0.1, 0.15) is 23.9 Å². The molecule has 6 bridgehead atoms. The van der Waals surface area contributed by atoms with Crippen LogP contribution in [-0.4, -0.2) is 91.5 Å². The van der Waals surface area contributed by atoms with Crippen LogP contribution in [-0.2, 0) is 50.3 Å². The number of likely N-dealkylation sites (N-methyl/N-ethyl adjacent to an activating group) is 1. The Hall–Kier alpha value is -5.04. The Balaban J connectivity index is 1.48. The van der Waals surface area contributed by atoms with E-state index in [0.717, 1.165) is 45.5 Å². The van der Waals surface area contributed by atoms with Crippen LogP contribution in [0.15, 0.2) is 48.9 Å². The monoisotopic (exact) mass is 710 g/mol. The first-order valence-electron chi connectivity index (χ1n) is 18.1. The number of ether oxygens (including phenoxy) is 1. The molecule has 13 nitrogen and oxygen atoms in total. The number of esters is 1. The summed E-state index contributed by atoms with van der Waals surface area (Å²) in [7, 11) is 3.46. The summed E-state index contributed by atoms with van der Waals surface area (Å²) in [5.74, 6) is -0.891. The van der Waals surface area contributed by atoms with E-state index in [2.05, 4.69) is 65.3 Å². The van der Waals surface area contributed by atoms with Crippen molar-refractivity contribution in [2.45, 2.75) is 85.0 Å². The number of nitrogens with zero attached hydrogens (tertiary/aromatic N) is 6. The molecule has 1 saturated heterocycles. The smallest absolute Gasteiger partial charge is 0.324 e. The Kier molecular flexibility index (Phi) is 10.5. The summed E-state index contributed by atoms with van der Waals surface area (Å²) < 4.78 is 10.3. The van der Waals surface area contributed by atoms with E-state index in [1.807, 2.05) is 37.7 Å². The predicted octanol–water partition coefficient (Wildman–Crippen LogP) is 3.88. The van der Waals surface area contributed by atoms with Crippen molar-refractivity contribution < 1.29 is 23.9 Å². The fourth-order valence-corrected chi connectivity index (χ4v) is 7.69. The Morgan fingerprint density at radius 2 is 1.98 bits per heavy atom. The number of nitrogens with one attached hydrogen (secondary N) is 2. The SMILES string of the molecule is CCn1c(-c2cccnc2)c2c3cc(ccc31)-c1cnc(n1C)C[C@H](NC(=O)C(C(C)C)N(C)C=O)C(=O)N1CCC[C@H](N1)C(=O)OCC(C)(C)C2. The number of cyclic esters (lactones) is 1. The number of hydrogen-bond acceptors (Lipinski definition) is 8. The van der Waals surface area contributed by atoms with Gasteiger partial charge in [-0.1, -0.05) is 33.8 Å². The molecule has 5 heterocycles. The third-order valence-electron chi connectivity index (χ3n) is 10.3. The molecule has 3 aromatic heterocycles. The minimum absolute atomic E-state index is 0.0863. The van der Waals surface area contributed by atoms with Crippen LogP contribution in [0.25, 0.3) is 33.4 Å². The third kappa shape index (κ3) is 7.19. The average molecular weight is 711 g/mol. The Bertz CT molecular complexity index is 1970. The highest BCUT2D eigenvalue weighted by molar-refractivity contribution is 5.95. The van der Waals surface area contributed by atoms with E-state index in [4.69, 9.17) is 9.72 Å². The van der Waals surface area contributed by atoms with E-state index in [9.17, 15) is 19.2 Å². The maximum absolute atomic E-state index is 14.2. The Labute approximate surface area is 304 Å². The molecular weight excluding hydrogens is 660 g/mol. The van der Waals surface area contributed by atoms with Gasteiger partial charge in [-0.15, -0.1) is 0 Å². The molecule has 0 spiro atoms. The van der Waals surface area contributed by atoms with Gasteiger partial charge in [-0.25, -0.2) is 10.4 Å². The van der Waals surface area contributed by atoms with Crippen LogP contribution in [0.2, 0.25) is 0 Å². The van der Waals surface area contributed by atoms with Crippen molar-refractivity contribution >= 4 is 35.1 Å². The molecule has 2 aliphatic rings. The van der Waals surface area contributed by atoms with Gasteiger partial charge in [-0.3, -0.25) is 29.2 Å². The zero-order valence-corrected chi connectivity index (χ0v) is 31.2. The van der Waals surface area contributed by atoms with Crippen LogP contribution in [0, 0.1) is 11.3 Å². The van der Waals surface area contributed by atoms with Crippen LogP contribution >= 0.6 is 0 Å². The van der Waals surface area contributed by atoms with E-state index in [1.54, 1.807) is 19.4 Å². The van der Waals surface area contributed by atoms with Gasteiger partial charge in [0.15, 0.2) is 0 Å². The Morgan fingerprint density at radius 1 is 1.19 bits per heavy atom. The van der Waals surface area contributed by atoms with Crippen molar-refractivity contribution in [2.24, 2.45) is 18.4 Å². The van der Waals surface area contributed by atoms with Gasteiger partial charge >= 0.3 is 5.97 Å². The molecule has 2 N–H and O–H groups in total. The summed E-state index contributed by atoms with van der Waals surface area (Å²) in [4.78, 5) is 63.8. The standard InChI is InChI=1S/C39H50N8O5/c1-8-46-31-14-13-25-17-27(31)28(35(46)26-11-9-15-40-20-26)19-39(4,5)22-52-38(51)29-12-10-16-47(43-29)37(50)30(18-33-41-21-32(25)45(33)7)42-36(49)34(24(2)3)44(6)23-48/h9,11,13-15,17,20-21,23-24,29-30,34,43H,8,10,12,16,18-19,22H2,1-7H3,(H,42,49)/t29-,30-,34?/m0/s1. The van der Waals surface area contributed by atoms with E-state index >= 15 is 0 Å². The van der Waals surface area contributed by atoms with E-state index < -0.39 is 41.3 Å². The van der Waals surface area contributed by atoms with Crippen molar-refractivity contribution in [1.82, 2.24) is 39.8 Å². The lowest BCUT2D eigenvalue weighted by molar-refractivity contribution is -0.155. The number of amides is 3. The van der Waals surface area contributed by atoms with Crippen LogP contribution in [0.3, 0.4) is 0 Å². The summed E-state index contributed by atoms with van der Waals surface area (Å²) in [6, 6.07) is 7.88. The molecule has 3 amide bonds. The highest BCUT2D eigenvalue weighted by Gasteiger charge is 2.37. The fourth-order valence-electron chi connectivity index (χ4n) is 7.69. The fraction of sp³-hybridized carbons (Fsp3) is 0.487. The van der Waals surface area contributed by atoms with Gasteiger partial charge in [-0.2, -0.15) is 0 Å². The first kappa shape index (κ1) is 36.7. The minimum Gasteiger partial charge on any atom is -0.464 e. The number of rotatable bonds is 7. The number of aromatic nitrogens is 4. The largest absolute Gasteiger partial charge is 0.464 e. The van der Waals surface area contributed by atoms with Gasteiger partial charge < -0.3 is 24.1 Å². The third-order valence-corrected chi connectivity index (χ3v) is 10.3. The molecule has 2 aliphatic heterocycles. The highest BCUT2D eigenvalue weighted by Crippen LogP contribution is 2.40. The summed E-state index contributed by atoms with van der Waals surface area (Å²) in [5.41, 5.74) is 8.80. The van der Waals surface area contributed by atoms with Crippen molar-refractivity contribution in [3.8, 4) is 22.5 Å². The predicted molar refractivity (Wildman–Crippen MR) is 197 cm³/mol. The first-order chi connectivity index (χ1) is 24.8. The minimum atomic E-state index is -1.03. The highest BCUT2D eigenvalue weighted by atomic mass is 16.5. The molecule has 3 atom stereocenters. The second kappa shape index (κ2) is 14.9. The van der Waals surface area contributed by atoms with E-state index in [0.29, 0.717) is 38.0 Å². The summed E-state index contributed by atoms with van der Waals surface area (Å²) in [6.45, 7) is 11.3. The number of hydrazine groups is 1. The average Bonchev–Trinajstić information content (AvgIpc) is 3.65. The maximum Gasteiger partial charge on any atom is 0.324 e. The van der Waals surface area contributed by atoms with Crippen LogP contribution in [0.5, 0.6) is 0 Å². The molecular formula is C39H50N8O5. The van der Waals surface area contributed by atoms with E-state index in [-0.39, 0.29) is 18.9 Å². The first-order valence-corrected chi connectivity index (χ1v) is 18.1. The maximum atomic E-state index is 14.2. The number of carbonyl (C=O) groups excluding carboxylic acids is 4. The van der Waals surface area contributed by atoms with Gasteiger partial charge in [0.2, 0.25) is 12.3 Å². The molecule has 1 fully saturated rings. The van der Waals surface area contributed by atoms with Crippen molar-refractivity contribution in [2.75, 3.05) is 20.2 Å². The Morgan fingerprint density at radius 3 is 2.67 bits per heavy atom. The molecule has 4 aromatic rings. The number of benzene rings is 1. The molecule has 1 aromatic carbocycles.